The van der Waals surface area contributed by atoms with Crippen LogP contribution in [0.1, 0.15) is 15.9 Å². The number of aromatic nitrogens is 3. The molecule has 0 radical (unpaired) electrons. The summed E-state index contributed by atoms with van der Waals surface area (Å²) in [4.78, 5) is 16.4. The van der Waals surface area contributed by atoms with E-state index in [4.69, 9.17) is 5.73 Å². The van der Waals surface area contributed by atoms with E-state index in [0.29, 0.717) is 11.1 Å². The summed E-state index contributed by atoms with van der Waals surface area (Å²) in [6, 6.07) is 9.11. The molecule has 0 fully saturated rings. The number of rotatable bonds is 2. The average molecular weight is 238 g/mol. The molecule has 0 unspecified atom stereocenters. The van der Waals surface area contributed by atoms with Gasteiger partial charge in [-0.05, 0) is 24.3 Å². The van der Waals surface area contributed by atoms with E-state index < -0.39 is 0 Å². The summed E-state index contributed by atoms with van der Waals surface area (Å²) < 4.78 is 0. The molecule has 0 bridgehead atoms. The number of ketones is 1. The van der Waals surface area contributed by atoms with Gasteiger partial charge in [0.1, 0.15) is 5.82 Å². The number of anilines is 1. The number of nitrogens with zero attached hydrogens (tertiary/aromatic N) is 2. The predicted octanol–water partition coefficient (Wildman–Crippen LogP) is 1.77. The van der Waals surface area contributed by atoms with Crippen LogP contribution in [-0.2, 0) is 0 Å². The number of fused-ring (bicyclic) bond motifs is 1. The second kappa shape index (κ2) is 3.96. The van der Waals surface area contributed by atoms with Crippen LogP contribution in [0.2, 0.25) is 0 Å². The standard InChI is InChI=1S/C13H10N4O/c14-13-10(7-16-17-13)12(18)9-3-4-11-8(6-9)2-1-5-15-11/h1-7H,(H3,14,16,17). The van der Waals surface area contributed by atoms with Gasteiger partial charge in [0.2, 0.25) is 0 Å². The molecule has 18 heavy (non-hydrogen) atoms. The minimum absolute atomic E-state index is 0.146. The van der Waals surface area contributed by atoms with Crippen LogP contribution < -0.4 is 5.73 Å². The molecule has 5 nitrogen and oxygen atoms in total. The first-order valence-corrected chi connectivity index (χ1v) is 5.44. The number of pyridine rings is 1. The highest BCUT2D eigenvalue weighted by molar-refractivity contribution is 6.12. The molecule has 2 heterocycles. The molecule has 0 saturated heterocycles. The zero-order valence-corrected chi connectivity index (χ0v) is 9.42. The van der Waals surface area contributed by atoms with Crippen molar-refractivity contribution in [3.8, 4) is 0 Å². The van der Waals surface area contributed by atoms with Gasteiger partial charge in [-0.1, -0.05) is 6.07 Å². The molecule has 0 spiro atoms. The van der Waals surface area contributed by atoms with E-state index >= 15 is 0 Å². The van der Waals surface area contributed by atoms with Crippen LogP contribution in [0.3, 0.4) is 0 Å². The lowest BCUT2D eigenvalue weighted by Gasteiger charge is -2.01. The lowest BCUT2D eigenvalue weighted by atomic mass is 10.0. The summed E-state index contributed by atoms with van der Waals surface area (Å²) in [7, 11) is 0. The number of nitrogens with two attached hydrogens (primary N) is 1. The highest BCUT2D eigenvalue weighted by Gasteiger charge is 2.14. The van der Waals surface area contributed by atoms with Gasteiger partial charge < -0.3 is 5.73 Å². The molecule has 0 amide bonds. The van der Waals surface area contributed by atoms with Gasteiger partial charge in [0.15, 0.2) is 5.78 Å². The van der Waals surface area contributed by atoms with Gasteiger partial charge in [0, 0.05) is 17.1 Å². The lowest BCUT2D eigenvalue weighted by Crippen LogP contribution is -2.03. The van der Waals surface area contributed by atoms with E-state index in [1.807, 2.05) is 18.2 Å². The van der Waals surface area contributed by atoms with E-state index in [1.165, 1.54) is 6.20 Å². The third kappa shape index (κ3) is 1.62. The fourth-order valence-electron chi connectivity index (χ4n) is 1.85. The Morgan fingerprint density at radius 3 is 2.94 bits per heavy atom. The molecule has 5 heteroatoms. The highest BCUT2D eigenvalue weighted by Crippen LogP contribution is 2.18. The van der Waals surface area contributed by atoms with E-state index in [-0.39, 0.29) is 11.6 Å². The van der Waals surface area contributed by atoms with E-state index in [1.54, 1.807) is 18.3 Å². The smallest absolute Gasteiger partial charge is 0.198 e. The number of hydrogen-bond donors (Lipinski definition) is 2. The minimum Gasteiger partial charge on any atom is -0.383 e. The highest BCUT2D eigenvalue weighted by atomic mass is 16.1. The Bertz CT molecular complexity index is 732. The van der Waals surface area contributed by atoms with E-state index in [2.05, 4.69) is 15.2 Å². The molecule has 88 valence electrons. The van der Waals surface area contributed by atoms with Crippen molar-refractivity contribution in [2.24, 2.45) is 0 Å². The molecule has 0 saturated carbocycles. The molecule has 3 N–H and O–H groups in total. The summed E-state index contributed by atoms with van der Waals surface area (Å²) in [6.07, 6.45) is 3.16. The fourth-order valence-corrected chi connectivity index (χ4v) is 1.85. The van der Waals surface area contributed by atoms with E-state index in [0.717, 1.165) is 10.9 Å². The number of nitrogen functional groups attached to an aromatic ring is 1. The van der Waals surface area contributed by atoms with Gasteiger partial charge in [0.05, 0.1) is 17.3 Å². The maximum absolute atomic E-state index is 12.2. The summed E-state index contributed by atoms with van der Waals surface area (Å²) in [6.45, 7) is 0. The molecule has 2 aromatic heterocycles. The maximum atomic E-state index is 12.2. The molecule has 0 atom stereocenters. The second-order valence-electron chi connectivity index (χ2n) is 3.94. The molecule has 0 aliphatic rings. The summed E-state index contributed by atoms with van der Waals surface area (Å²) in [5.74, 6) is 0.137. The van der Waals surface area contributed by atoms with Crippen molar-refractivity contribution < 1.29 is 4.79 Å². The first kappa shape index (κ1) is 10.5. The number of hydrogen-bond acceptors (Lipinski definition) is 4. The van der Waals surface area contributed by atoms with Crippen molar-refractivity contribution in [2.45, 2.75) is 0 Å². The number of carbonyl (C=O) groups is 1. The van der Waals surface area contributed by atoms with Crippen LogP contribution in [0, 0.1) is 0 Å². The van der Waals surface area contributed by atoms with Crippen molar-refractivity contribution in [1.29, 1.82) is 0 Å². The van der Waals surface area contributed by atoms with Crippen LogP contribution >= 0.6 is 0 Å². The topological polar surface area (TPSA) is 84.7 Å². The van der Waals surface area contributed by atoms with Crippen LogP contribution in [0.15, 0.2) is 42.7 Å². The Hall–Kier alpha value is -2.69. The quantitative estimate of drug-likeness (QED) is 0.666. The monoisotopic (exact) mass is 238 g/mol. The third-order valence-corrected chi connectivity index (χ3v) is 2.78. The van der Waals surface area contributed by atoms with E-state index in [9.17, 15) is 4.79 Å². The van der Waals surface area contributed by atoms with Gasteiger partial charge in [-0.25, -0.2) is 0 Å². The van der Waals surface area contributed by atoms with Gasteiger partial charge in [-0.15, -0.1) is 0 Å². The Morgan fingerprint density at radius 1 is 1.28 bits per heavy atom. The van der Waals surface area contributed by atoms with Crippen LogP contribution in [0.4, 0.5) is 5.82 Å². The average Bonchev–Trinajstić information content (AvgIpc) is 2.83. The Kier molecular flexibility index (Phi) is 2.30. The summed E-state index contributed by atoms with van der Waals surface area (Å²) >= 11 is 0. The molecule has 1 aromatic carbocycles. The number of H-pyrrole nitrogens is 1. The number of aromatic amines is 1. The zero-order valence-electron chi connectivity index (χ0n) is 9.42. The van der Waals surface area contributed by atoms with Gasteiger partial charge in [-0.2, -0.15) is 5.10 Å². The van der Waals surface area contributed by atoms with Crippen molar-refractivity contribution in [3.05, 3.63) is 53.9 Å². The van der Waals surface area contributed by atoms with Crippen molar-refractivity contribution in [1.82, 2.24) is 15.2 Å². The van der Waals surface area contributed by atoms with Crippen LogP contribution in [0.25, 0.3) is 10.9 Å². The van der Waals surface area contributed by atoms with Crippen LogP contribution in [-0.4, -0.2) is 21.0 Å². The molecule has 3 aromatic rings. The molecular formula is C13H10N4O. The van der Waals surface area contributed by atoms with Gasteiger partial charge in [-0.3, -0.25) is 14.9 Å². The Labute approximate surface area is 103 Å². The third-order valence-electron chi connectivity index (χ3n) is 2.78. The summed E-state index contributed by atoms with van der Waals surface area (Å²) in [5.41, 5.74) is 7.46. The van der Waals surface area contributed by atoms with Crippen molar-refractivity contribution in [3.63, 3.8) is 0 Å². The first-order valence-electron chi connectivity index (χ1n) is 5.44. The second-order valence-corrected chi connectivity index (χ2v) is 3.94. The molecule has 0 aliphatic carbocycles. The van der Waals surface area contributed by atoms with Crippen molar-refractivity contribution in [2.75, 3.05) is 5.73 Å². The predicted molar refractivity (Wildman–Crippen MR) is 68.2 cm³/mol. The zero-order chi connectivity index (χ0) is 12.5. The fraction of sp³-hybridized carbons (Fsp3) is 0. The molecule has 3 rings (SSSR count). The largest absolute Gasteiger partial charge is 0.383 e. The van der Waals surface area contributed by atoms with Crippen molar-refractivity contribution >= 4 is 22.5 Å². The normalized spacial score (nSPS) is 10.7. The number of carbonyl (C=O) groups excluding carboxylic acids is 1. The Balaban J connectivity index is 2.10. The Morgan fingerprint density at radius 2 is 2.17 bits per heavy atom. The lowest BCUT2D eigenvalue weighted by molar-refractivity contribution is 0.104. The first-order chi connectivity index (χ1) is 8.75. The SMILES string of the molecule is Nc1[nH]ncc1C(=O)c1ccc2ncccc2c1. The number of benzene rings is 1. The number of nitrogens with one attached hydrogen (secondary N) is 1. The molecular weight excluding hydrogens is 228 g/mol. The van der Waals surface area contributed by atoms with Crippen LogP contribution in [0.5, 0.6) is 0 Å². The maximum Gasteiger partial charge on any atom is 0.198 e. The summed E-state index contributed by atoms with van der Waals surface area (Å²) in [5, 5.41) is 7.22. The van der Waals surface area contributed by atoms with Gasteiger partial charge >= 0.3 is 0 Å². The van der Waals surface area contributed by atoms with Gasteiger partial charge in [0.25, 0.3) is 0 Å². The molecule has 0 aliphatic heterocycles. The minimum atomic E-state index is -0.146.